The Labute approximate surface area is 176 Å². The van der Waals surface area contributed by atoms with Crippen molar-refractivity contribution in [3.63, 3.8) is 0 Å². The predicted molar refractivity (Wildman–Crippen MR) is 105 cm³/mol. The van der Waals surface area contributed by atoms with Crippen molar-refractivity contribution in [2.24, 2.45) is 0 Å². The third-order valence-electron chi connectivity index (χ3n) is 3.76. The molecule has 1 radical (unpaired) electrons. The second kappa shape index (κ2) is 10.4. The van der Waals surface area contributed by atoms with Crippen LogP contribution in [0.4, 0.5) is 0 Å². The van der Waals surface area contributed by atoms with Crippen LogP contribution < -0.4 is 0 Å². The number of pyridine rings is 1. The van der Waals surface area contributed by atoms with E-state index in [9.17, 15) is 4.79 Å². The predicted octanol–water partition coefficient (Wildman–Crippen LogP) is 5.62. The van der Waals surface area contributed by atoms with Crippen LogP contribution in [0.25, 0.3) is 22.2 Å². The van der Waals surface area contributed by atoms with Gasteiger partial charge < -0.3 is 14.5 Å². The van der Waals surface area contributed by atoms with Crippen molar-refractivity contribution in [3.8, 4) is 11.5 Å². The smallest absolute Gasteiger partial charge is 0.189 e. The summed E-state index contributed by atoms with van der Waals surface area (Å²) in [5.41, 5.74) is 1.43. The zero-order valence-electron chi connectivity index (χ0n) is 15.1. The van der Waals surface area contributed by atoms with Gasteiger partial charge in [-0.1, -0.05) is 54.6 Å². The van der Waals surface area contributed by atoms with E-state index in [2.05, 4.69) is 17.1 Å². The van der Waals surface area contributed by atoms with Crippen LogP contribution >= 0.6 is 0 Å². The van der Waals surface area contributed by atoms with Crippen LogP contribution in [0, 0.1) is 6.07 Å². The van der Waals surface area contributed by atoms with Crippen LogP contribution in [0.2, 0.25) is 0 Å². The number of aliphatic hydroxyl groups is 1. The fraction of sp³-hybridized carbons (Fsp3) is 0.0435. The fourth-order valence-electron chi connectivity index (χ4n) is 2.55. The normalized spacial score (nSPS) is 10.5. The summed E-state index contributed by atoms with van der Waals surface area (Å²) in [5, 5.41) is 11.1. The van der Waals surface area contributed by atoms with Gasteiger partial charge in [0.25, 0.3) is 0 Å². The summed E-state index contributed by atoms with van der Waals surface area (Å²) in [6.07, 6.45) is 4.60. The molecule has 0 fully saturated rings. The fourth-order valence-corrected chi connectivity index (χ4v) is 2.55. The summed E-state index contributed by atoms with van der Waals surface area (Å²) in [5.74, 6) is 0.547. The molecule has 0 amide bonds. The standard InChI is InChI=1S/C13H8NO.C10H10O2.Ir/c1-2-5-11-10(4-1)7-8-14-13(11)12-6-3-9-15-12;1-8(11)7-10(12)9-5-3-2-4-6-9;/h1-5,7-9H;2-7,11H,1H3;/q-1;;/b;8-7-;. The van der Waals surface area contributed by atoms with Gasteiger partial charge in [0.1, 0.15) is 0 Å². The van der Waals surface area contributed by atoms with Gasteiger partial charge in [0, 0.05) is 49.4 Å². The van der Waals surface area contributed by atoms with Gasteiger partial charge in [0.2, 0.25) is 0 Å². The average Bonchev–Trinajstić information content (AvgIpc) is 3.23. The van der Waals surface area contributed by atoms with E-state index in [1.165, 1.54) is 13.0 Å². The molecule has 0 spiro atoms. The molecule has 28 heavy (non-hydrogen) atoms. The van der Waals surface area contributed by atoms with E-state index in [0.29, 0.717) is 11.3 Å². The van der Waals surface area contributed by atoms with E-state index >= 15 is 0 Å². The summed E-state index contributed by atoms with van der Waals surface area (Å²) in [6, 6.07) is 23.7. The number of nitrogens with zero attached hydrogens (tertiary/aromatic N) is 1. The number of carbonyl (C=O) groups excluding carboxylic acids is 1. The molecule has 0 aliphatic heterocycles. The zero-order chi connectivity index (χ0) is 19.1. The van der Waals surface area contributed by atoms with Gasteiger partial charge in [-0.05, 0) is 30.0 Å². The molecule has 1 N–H and O–H groups in total. The molecule has 2 heterocycles. The topological polar surface area (TPSA) is 63.3 Å². The minimum atomic E-state index is -0.171. The number of benzene rings is 2. The number of hydrogen-bond donors (Lipinski definition) is 1. The molecule has 143 valence electrons. The molecule has 2 aromatic carbocycles. The van der Waals surface area contributed by atoms with Gasteiger partial charge >= 0.3 is 0 Å². The molecule has 0 saturated heterocycles. The number of fused-ring (bicyclic) bond motifs is 1. The SMILES string of the molecule is C/C(O)=C/C(=O)c1ccccc1.[Ir].[c-]1ccoc1-c1nccc2ccccc12. The summed E-state index contributed by atoms with van der Waals surface area (Å²) in [6.45, 7) is 1.47. The third kappa shape index (κ3) is 5.49. The van der Waals surface area contributed by atoms with E-state index < -0.39 is 0 Å². The summed E-state index contributed by atoms with van der Waals surface area (Å²) in [7, 11) is 0. The van der Waals surface area contributed by atoms with Gasteiger partial charge in [0.05, 0.1) is 5.76 Å². The third-order valence-corrected chi connectivity index (χ3v) is 3.76. The Bertz CT molecular complexity index is 1050. The van der Waals surface area contributed by atoms with Crippen LogP contribution in [-0.4, -0.2) is 15.9 Å². The van der Waals surface area contributed by atoms with Gasteiger partial charge in [-0.2, -0.15) is 0 Å². The number of hydrogen-bond acceptors (Lipinski definition) is 4. The van der Waals surface area contributed by atoms with Crippen LogP contribution in [0.5, 0.6) is 0 Å². The molecule has 0 aliphatic rings. The van der Waals surface area contributed by atoms with E-state index in [1.807, 2.05) is 30.3 Å². The van der Waals surface area contributed by atoms with Crippen LogP contribution in [0.3, 0.4) is 0 Å². The Morgan fingerprint density at radius 1 is 1.07 bits per heavy atom. The van der Waals surface area contributed by atoms with Crippen LogP contribution in [0.15, 0.2) is 95.4 Å². The maximum Gasteiger partial charge on any atom is 0.189 e. The zero-order valence-corrected chi connectivity index (χ0v) is 17.5. The Kier molecular flexibility index (Phi) is 7.87. The number of aliphatic hydroxyl groups excluding tert-OH is 1. The van der Waals surface area contributed by atoms with Crippen molar-refractivity contribution in [1.82, 2.24) is 4.98 Å². The largest absolute Gasteiger partial charge is 0.545 e. The summed E-state index contributed by atoms with van der Waals surface area (Å²) < 4.78 is 5.31. The van der Waals surface area contributed by atoms with Crippen LogP contribution in [-0.2, 0) is 20.1 Å². The van der Waals surface area contributed by atoms with E-state index in [4.69, 9.17) is 9.52 Å². The van der Waals surface area contributed by atoms with Gasteiger partial charge in [-0.3, -0.25) is 4.79 Å². The molecular formula is C23H18IrNO3-. The van der Waals surface area contributed by atoms with Crippen molar-refractivity contribution < 1.29 is 34.4 Å². The molecule has 4 rings (SSSR count). The maximum absolute atomic E-state index is 11.2. The molecule has 0 aliphatic carbocycles. The molecule has 0 bridgehead atoms. The Morgan fingerprint density at radius 3 is 2.46 bits per heavy atom. The molecule has 2 aromatic heterocycles. The minimum Gasteiger partial charge on any atom is -0.545 e. The van der Waals surface area contributed by atoms with E-state index in [0.717, 1.165) is 16.5 Å². The number of ketones is 1. The van der Waals surface area contributed by atoms with Crippen molar-refractivity contribution in [3.05, 3.63) is 103 Å². The van der Waals surface area contributed by atoms with Crippen molar-refractivity contribution in [1.29, 1.82) is 0 Å². The van der Waals surface area contributed by atoms with Crippen LogP contribution in [0.1, 0.15) is 17.3 Å². The number of furan rings is 1. The van der Waals surface area contributed by atoms with E-state index in [1.54, 1.807) is 42.8 Å². The quantitative estimate of drug-likeness (QED) is 0.156. The Hall–Kier alpha value is -3.01. The second-order valence-corrected chi connectivity index (χ2v) is 5.79. The van der Waals surface area contributed by atoms with Gasteiger partial charge in [0.15, 0.2) is 5.78 Å². The first-order valence-electron chi connectivity index (χ1n) is 8.41. The monoisotopic (exact) mass is 549 g/mol. The van der Waals surface area contributed by atoms with E-state index in [-0.39, 0.29) is 31.6 Å². The molecule has 0 saturated carbocycles. The van der Waals surface area contributed by atoms with Gasteiger partial charge in [-0.25, -0.2) is 0 Å². The van der Waals surface area contributed by atoms with Crippen molar-refractivity contribution >= 4 is 16.6 Å². The first-order valence-corrected chi connectivity index (χ1v) is 8.41. The van der Waals surface area contributed by atoms with Crippen molar-refractivity contribution in [2.75, 3.05) is 0 Å². The molecule has 0 atom stereocenters. The Balaban J connectivity index is 0.000000199. The van der Waals surface area contributed by atoms with Crippen molar-refractivity contribution in [2.45, 2.75) is 6.92 Å². The first-order chi connectivity index (χ1) is 13.1. The maximum atomic E-state index is 11.2. The minimum absolute atomic E-state index is 0. The molecule has 4 aromatic rings. The number of rotatable bonds is 3. The molecule has 5 heteroatoms. The second-order valence-electron chi connectivity index (χ2n) is 5.79. The molecular weight excluding hydrogens is 530 g/mol. The summed E-state index contributed by atoms with van der Waals surface area (Å²) >= 11 is 0. The molecule has 4 nitrogen and oxygen atoms in total. The van der Waals surface area contributed by atoms with Gasteiger partial charge in [-0.15, -0.1) is 12.1 Å². The number of allylic oxidation sites excluding steroid dienone is 2. The summed E-state index contributed by atoms with van der Waals surface area (Å²) in [4.78, 5) is 15.5. The Morgan fingerprint density at radius 2 is 1.79 bits per heavy atom. The number of carbonyl (C=O) groups is 1. The average molecular weight is 549 g/mol. The number of aromatic nitrogens is 1. The first kappa shape index (κ1) is 21.3. The molecule has 0 unspecified atom stereocenters.